The maximum Gasteiger partial charge on any atom is 0.319 e. The van der Waals surface area contributed by atoms with Crippen molar-refractivity contribution in [3.8, 4) is 0 Å². The van der Waals surface area contributed by atoms with Crippen LogP contribution in [0, 0.1) is 6.92 Å². The zero-order chi connectivity index (χ0) is 16.1. The van der Waals surface area contributed by atoms with Gasteiger partial charge in [0.15, 0.2) is 0 Å². The molecule has 2 N–H and O–H groups in total. The van der Waals surface area contributed by atoms with Gasteiger partial charge in [-0.05, 0) is 37.8 Å². The molecule has 1 aliphatic rings. The normalized spacial score (nSPS) is 22.9. The number of aryl methyl sites for hydroxylation is 1. The van der Waals surface area contributed by atoms with Gasteiger partial charge in [-0.1, -0.05) is 37.1 Å². The molecule has 3 atom stereocenters. The van der Waals surface area contributed by atoms with Crippen LogP contribution in [0.1, 0.15) is 38.2 Å². The number of benzene rings is 1. The summed E-state index contributed by atoms with van der Waals surface area (Å²) in [5.41, 5.74) is 1.54. The van der Waals surface area contributed by atoms with Gasteiger partial charge < -0.3 is 10.6 Å². The second-order valence-corrected chi connectivity index (χ2v) is 8.07. The van der Waals surface area contributed by atoms with Crippen molar-refractivity contribution in [2.75, 3.05) is 11.1 Å². The lowest BCUT2D eigenvalue weighted by Gasteiger charge is -2.29. The van der Waals surface area contributed by atoms with E-state index in [0.29, 0.717) is 16.5 Å². The molecular weight excluding hydrogens is 320 g/mol. The second-order valence-electron chi connectivity index (χ2n) is 5.69. The van der Waals surface area contributed by atoms with Gasteiger partial charge in [0, 0.05) is 27.8 Å². The van der Waals surface area contributed by atoms with Crippen molar-refractivity contribution in [2.24, 2.45) is 0 Å². The van der Waals surface area contributed by atoms with E-state index >= 15 is 0 Å². The number of urea groups is 1. The van der Waals surface area contributed by atoms with Crippen LogP contribution in [0.4, 0.5) is 10.5 Å². The van der Waals surface area contributed by atoms with Crippen molar-refractivity contribution in [3.05, 3.63) is 28.8 Å². The Kier molecular flexibility index (Phi) is 6.26. The third-order valence-electron chi connectivity index (χ3n) is 4.06. The van der Waals surface area contributed by atoms with E-state index in [1.807, 2.05) is 26.0 Å². The maximum absolute atomic E-state index is 12.1. The quantitative estimate of drug-likeness (QED) is 0.873. The highest BCUT2D eigenvalue weighted by Crippen LogP contribution is 2.26. The molecule has 2 rings (SSSR count). The van der Waals surface area contributed by atoms with Crippen LogP contribution >= 0.6 is 11.6 Å². The minimum atomic E-state index is -0.786. The average molecular weight is 343 g/mol. The molecular formula is C16H23ClN2O2S. The van der Waals surface area contributed by atoms with E-state index in [1.54, 1.807) is 6.07 Å². The van der Waals surface area contributed by atoms with Crippen molar-refractivity contribution in [1.29, 1.82) is 0 Å². The first-order valence-electron chi connectivity index (χ1n) is 7.71. The van der Waals surface area contributed by atoms with Crippen molar-refractivity contribution in [2.45, 2.75) is 50.8 Å². The standard InChI is InChI=1S/C16H23ClN2O2S/c1-3-22(21)13-8-5-7-12(10-13)18-16(20)19-14-9-4-6-11(2)15(14)17/h4,6,9,12-13H,3,5,7-8,10H2,1-2H3,(H2,18,19,20)/t12-,13+,22+/m1/s1. The first kappa shape index (κ1) is 17.3. The van der Waals surface area contributed by atoms with Crippen LogP contribution in [0.5, 0.6) is 0 Å². The molecule has 0 unspecified atom stereocenters. The number of carbonyl (C=O) groups excluding carboxylic acids is 1. The maximum atomic E-state index is 12.1. The van der Waals surface area contributed by atoms with Crippen LogP contribution in [0.15, 0.2) is 18.2 Å². The summed E-state index contributed by atoms with van der Waals surface area (Å²) in [7, 11) is -0.786. The van der Waals surface area contributed by atoms with Crippen molar-refractivity contribution in [1.82, 2.24) is 5.32 Å². The molecule has 0 spiro atoms. The Bertz CT molecular complexity index is 565. The van der Waals surface area contributed by atoms with Gasteiger partial charge in [0.2, 0.25) is 0 Å². The molecule has 1 aromatic rings. The number of hydrogen-bond donors (Lipinski definition) is 2. The van der Waals surface area contributed by atoms with Crippen molar-refractivity contribution >= 4 is 34.1 Å². The summed E-state index contributed by atoms with van der Waals surface area (Å²) < 4.78 is 11.9. The minimum absolute atomic E-state index is 0.0813. The van der Waals surface area contributed by atoms with E-state index in [1.165, 1.54) is 0 Å². The molecule has 1 aliphatic carbocycles. The summed E-state index contributed by atoms with van der Waals surface area (Å²) in [5.74, 6) is 0.683. The Morgan fingerprint density at radius 1 is 1.41 bits per heavy atom. The smallest absolute Gasteiger partial charge is 0.319 e. The molecule has 4 nitrogen and oxygen atoms in total. The molecule has 2 amide bonds. The molecule has 0 aliphatic heterocycles. The van der Waals surface area contributed by atoms with Crippen LogP contribution in [-0.2, 0) is 10.8 Å². The first-order chi connectivity index (χ1) is 10.5. The van der Waals surface area contributed by atoms with Gasteiger partial charge in [-0.15, -0.1) is 0 Å². The highest BCUT2D eigenvalue weighted by Gasteiger charge is 2.26. The average Bonchev–Trinajstić information content (AvgIpc) is 2.51. The zero-order valence-corrected chi connectivity index (χ0v) is 14.6. The van der Waals surface area contributed by atoms with Gasteiger partial charge in [0.05, 0.1) is 10.7 Å². The van der Waals surface area contributed by atoms with Crippen molar-refractivity contribution < 1.29 is 9.00 Å². The molecule has 6 heteroatoms. The number of amides is 2. The van der Waals surface area contributed by atoms with Gasteiger partial charge in [0.1, 0.15) is 0 Å². The van der Waals surface area contributed by atoms with E-state index in [4.69, 9.17) is 11.6 Å². The molecule has 1 aromatic carbocycles. The molecule has 1 fully saturated rings. The van der Waals surface area contributed by atoms with Gasteiger partial charge in [-0.2, -0.15) is 0 Å². The Balaban J connectivity index is 1.91. The fourth-order valence-electron chi connectivity index (χ4n) is 2.84. The SMILES string of the molecule is CC[S@](=O)[C@H]1CCC[C@@H](NC(=O)Nc2cccc(C)c2Cl)C1. The topological polar surface area (TPSA) is 58.2 Å². The molecule has 0 heterocycles. The molecule has 0 bridgehead atoms. The van der Waals surface area contributed by atoms with Crippen LogP contribution in [0.2, 0.25) is 5.02 Å². The second kappa shape index (κ2) is 7.97. The lowest BCUT2D eigenvalue weighted by atomic mass is 9.95. The Morgan fingerprint density at radius 3 is 2.91 bits per heavy atom. The summed E-state index contributed by atoms with van der Waals surface area (Å²) >= 11 is 6.18. The highest BCUT2D eigenvalue weighted by molar-refractivity contribution is 7.85. The number of rotatable bonds is 4. The lowest BCUT2D eigenvalue weighted by Crippen LogP contribution is -2.43. The van der Waals surface area contributed by atoms with Crippen molar-refractivity contribution in [3.63, 3.8) is 0 Å². The number of carbonyl (C=O) groups is 1. The molecule has 22 heavy (non-hydrogen) atoms. The van der Waals surface area contributed by atoms with E-state index in [-0.39, 0.29) is 17.3 Å². The fraction of sp³-hybridized carbons (Fsp3) is 0.562. The van der Waals surface area contributed by atoms with Gasteiger partial charge in [0.25, 0.3) is 0 Å². The molecule has 0 saturated heterocycles. The fourth-order valence-corrected chi connectivity index (χ4v) is 4.36. The Morgan fingerprint density at radius 2 is 2.18 bits per heavy atom. The van der Waals surface area contributed by atoms with Crippen LogP contribution in [0.25, 0.3) is 0 Å². The monoisotopic (exact) mass is 342 g/mol. The number of anilines is 1. The summed E-state index contributed by atoms with van der Waals surface area (Å²) in [6, 6.07) is 5.37. The van der Waals surface area contributed by atoms with E-state index in [2.05, 4.69) is 10.6 Å². The van der Waals surface area contributed by atoms with E-state index in [0.717, 1.165) is 31.2 Å². The summed E-state index contributed by atoms with van der Waals surface area (Å²) in [5, 5.41) is 6.54. The van der Waals surface area contributed by atoms with Gasteiger partial charge in [-0.25, -0.2) is 4.79 Å². The highest BCUT2D eigenvalue weighted by atomic mass is 35.5. The molecule has 1 saturated carbocycles. The predicted molar refractivity (Wildman–Crippen MR) is 93.1 cm³/mol. The van der Waals surface area contributed by atoms with E-state index in [9.17, 15) is 9.00 Å². The summed E-state index contributed by atoms with van der Waals surface area (Å²) in [6.45, 7) is 3.84. The first-order valence-corrected chi connectivity index (χ1v) is 9.47. The number of halogens is 1. The number of nitrogens with one attached hydrogen (secondary N) is 2. The van der Waals surface area contributed by atoms with Gasteiger partial charge >= 0.3 is 6.03 Å². The molecule has 0 aromatic heterocycles. The molecule has 122 valence electrons. The molecule has 0 radical (unpaired) electrons. The predicted octanol–water partition coefficient (Wildman–Crippen LogP) is 3.85. The van der Waals surface area contributed by atoms with Crippen LogP contribution < -0.4 is 10.6 Å². The zero-order valence-electron chi connectivity index (χ0n) is 13.0. The Hall–Kier alpha value is -1.07. The van der Waals surface area contributed by atoms with Gasteiger partial charge in [-0.3, -0.25) is 4.21 Å². The van der Waals surface area contributed by atoms with E-state index < -0.39 is 10.8 Å². The Labute approximate surface area is 139 Å². The third kappa shape index (κ3) is 4.46. The largest absolute Gasteiger partial charge is 0.335 e. The third-order valence-corrected chi connectivity index (χ3v) is 6.30. The summed E-state index contributed by atoms with van der Waals surface area (Å²) in [4.78, 5) is 12.1. The van der Waals surface area contributed by atoms with Crippen LogP contribution in [0.3, 0.4) is 0 Å². The van der Waals surface area contributed by atoms with Crippen LogP contribution in [-0.4, -0.2) is 27.3 Å². The lowest BCUT2D eigenvalue weighted by molar-refractivity contribution is 0.244. The summed E-state index contributed by atoms with van der Waals surface area (Å²) in [6.07, 6.45) is 3.72. The minimum Gasteiger partial charge on any atom is -0.335 e. The number of hydrogen-bond acceptors (Lipinski definition) is 2.